The van der Waals surface area contributed by atoms with Gasteiger partial charge in [-0.2, -0.15) is 10.2 Å². The zero-order valence-electron chi connectivity index (χ0n) is 18.4. The lowest BCUT2D eigenvalue weighted by atomic mass is 10.1. The van der Waals surface area contributed by atoms with Gasteiger partial charge in [-0.3, -0.25) is 4.68 Å². The average Bonchev–Trinajstić information content (AvgIpc) is 3.39. The first-order valence-electron chi connectivity index (χ1n) is 10.9. The van der Waals surface area contributed by atoms with Crippen LogP contribution < -0.4 is 5.32 Å². The van der Waals surface area contributed by atoms with Gasteiger partial charge in [0.25, 0.3) is 0 Å². The first-order valence-corrected chi connectivity index (χ1v) is 12.7. The van der Waals surface area contributed by atoms with Gasteiger partial charge in [-0.15, -0.1) is 0 Å². The van der Waals surface area contributed by atoms with Crippen LogP contribution >= 0.6 is 0 Å². The lowest BCUT2D eigenvalue weighted by molar-refractivity contribution is -0.0404. The minimum absolute atomic E-state index is 0.0786. The van der Waals surface area contributed by atoms with Gasteiger partial charge in [-0.25, -0.2) is 23.1 Å². The van der Waals surface area contributed by atoms with Crippen molar-refractivity contribution in [3.05, 3.63) is 29.7 Å². The minimum Gasteiger partial charge on any atom is -0.357 e. The van der Waals surface area contributed by atoms with Crippen LogP contribution in [0.3, 0.4) is 0 Å². The van der Waals surface area contributed by atoms with Crippen LogP contribution in [-0.4, -0.2) is 50.8 Å². The number of nitrogens with zero attached hydrogens (tertiary/aromatic N) is 6. The molecular weight excluding hydrogens is 430 g/mol. The largest absolute Gasteiger partial charge is 0.357 e. The van der Waals surface area contributed by atoms with Gasteiger partial charge in [0.2, 0.25) is 15.0 Å². The van der Waals surface area contributed by atoms with Crippen LogP contribution in [0, 0.1) is 6.92 Å². The van der Waals surface area contributed by atoms with Gasteiger partial charge in [-0.1, -0.05) is 0 Å². The zero-order valence-corrected chi connectivity index (χ0v) is 19.3. The predicted octanol–water partition coefficient (Wildman–Crippen LogP) is 3.11. The molecule has 3 aromatic rings. The van der Waals surface area contributed by atoms with Crippen LogP contribution in [0.4, 0.5) is 11.6 Å². The van der Waals surface area contributed by atoms with Crippen molar-refractivity contribution < 1.29 is 13.2 Å². The molecule has 0 spiro atoms. The van der Waals surface area contributed by atoms with Crippen LogP contribution in [0.5, 0.6) is 0 Å². The molecule has 10 nitrogen and oxygen atoms in total. The Labute approximate surface area is 186 Å². The van der Waals surface area contributed by atoms with Crippen LogP contribution in [0.2, 0.25) is 0 Å². The van der Waals surface area contributed by atoms with Gasteiger partial charge in [0.05, 0.1) is 11.9 Å². The number of sulfone groups is 1. The van der Waals surface area contributed by atoms with Gasteiger partial charge in [-0.05, 0) is 44.9 Å². The Morgan fingerprint density at radius 2 is 2.00 bits per heavy atom. The molecule has 1 atom stereocenters. The molecule has 1 saturated heterocycles. The van der Waals surface area contributed by atoms with E-state index in [1.165, 1.54) is 0 Å². The summed E-state index contributed by atoms with van der Waals surface area (Å²) < 4.78 is 34.2. The maximum absolute atomic E-state index is 12.4. The summed E-state index contributed by atoms with van der Waals surface area (Å²) in [5.41, 5.74) is 3.25. The molecule has 4 heterocycles. The summed E-state index contributed by atoms with van der Waals surface area (Å²) in [6, 6.07) is 1.93. The first kappa shape index (κ1) is 21.1. The Kier molecular flexibility index (Phi) is 5.25. The molecule has 0 radical (unpaired) electrons. The van der Waals surface area contributed by atoms with E-state index in [9.17, 15) is 8.42 Å². The van der Waals surface area contributed by atoms with E-state index in [0.29, 0.717) is 17.3 Å². The number of aromatic nitrogens is 6. The second kappa shape index (κ2) is 7.96. The van der Waals surface area contributed by atoms with Gasteiger partial charge >= 0.3 is 0 Å². The molecule has 1 N–H and O–H groups in total. The summed E-state index contributed by atoms with van der Waals surface area (Å²) in [6.07, 6.45) is 9.69. The molecular formula is C21H27N7O3S. The van der Waals surface area contributed by atoms with E-state index in [1.54, 1.807) is 10.9 Å². The molecule has 0 amide bonds. The molecule has 170 valence electrons. The van der Waals surface area contributed by atoms with Crippen LogP contribution in [-0.2, 0) is 21.6 Å². The molecule has 3 aromatic heterocycles. The van der Waals surface area contributed by atoms with Crippen molar-refractivity contribution in [1.29, 1.82) is 0 Å². The number of hydrogen-bond acceptors (Lipinski definition) is 8. The molecule has 1 aliphatic heterocycles. The number of rotatable bonds is 6. The van der Waals surface area contributed by atoms with Crippen molar-refractivity contribution in [3.8, 4) is 11.3 Å². The van der Waals surface area contributed by atoms with E-state index < -0.39 is 9.84 Å². The third-order valence-electron chi connectivity index (χ3n) is 5.82. The minimum atomic E-state index is -3.62. The highest BCUT2D eigenvalue weighted by molar-refractivity contribution is 7.90. The number of aryl methyl sites for hydroxylation is 2. The second-order valence-corrected chi connectivity index (χ2v) is 10.5. The van der Waals surface area contributed by atoms with Crippen LogP contribution in [0.15, 0.2) is 23.6 Å². The van der Waals surface area contributed by atoms with E-state index >= 15 is 0 Å². The van der Waals surface area contributed by atoms with Crippen molar-refractivity contribution in [3.63, 3.8) is 0 Å². The van der Waals surface area contributed by atoms with Crippen molar-refractivity contribution >= 4 is 21.5 Å². The summed E-state index contributed by atoms with van der Waals surface area (Å²) in [6.45, 7) is 2.72. The van der Waals surface area contributed by atoms with Crippen molar-refractivity contribution in [2.75, 3.05) is 18.2 Å². The van der Waals surface area contributed by atoms with E-state index in [-0.39, 0.29) is 17.3 Å². The Balaban J connectivity index is 1.59. The molecule has 0 aromatic carbocycles. The number of hydrogen-bond donors (Lipinski definition) is 1. The lowest BCUT2D eigenvalue weighted by Crippen LogP contribution is -2.20. The third kappa shape index (κ3) is 4.14. The summed E-state index contributed by atoms with van der Waals surface area (Å²) in [4.78, 5) is 8.88. The highest BCUT2D eigenvalue weighted by Gasteiger charge is 2.33. The Bertz CT molecular complexity index is 1250. The summed E-state index contributed by atoms with van der Waals surface area (Å²) in [5.74, 6) is 1.36. The summed E-state index contributed by atoms with van der Waals surface area (Å²) in [7, 11) is -1.80. The molecule has 1 unspecified atom stereocenters. The molecule has 2 fully saturated rings. The van der Waals surface area contributed by atoms with Crippen molar-refractivity contribution in [2.24, 2.45) is 7.05 Å². The number of ether oxygens (including phenoxy) is 1. The molecule has 1 aliphatic carbocycles. The SMILES string of the molecule is Cc1cc(Nc2nc(S(C)(=O)=O)nc(-c3cnn(C)c3)c2C2CC2)nn1C1CCCCO1. The summed E-state index contributed by atoms with van der Waals surface area (Å²) >= 11 is 0. The fraction of sp³-hybridized carbons (Fsp3) is 0.524. The summed E-state index contributed by atoms with van der Waals surface area (Å²) in [5, 5.41) is 12.0. The van der Waals surface area contributed by atoms with E-state index in [1.807, 2.05) is 30.9 Å². The number of anilines is 2. The Hall–Kier alpha value is -2.79. The molecule has 5 rings (SSSR count). The monoisotopic (exact) mass is 457 g/mol. The smallest absolute Gasteiger partial charge is 0.249 e. The first-order chi connectivity index (χ1) is 15.3. The van der Waals surface area contributed by atoms with Gasteiger partial charge in [0, 0.05) is 49.0 Å². The lowest BCUT2D eigenvalue weighted by Gasteiger charge is -2.23. The highest BCUT2D eigenvalue weighted by Crippen LogP contribution is 2.47. The van der Waals surface area contributed by atoms with Crippen LogP contribution in [0.25, 0.3) is 11.3 Å². The second-order valence-electron chi connectivity index (χ2n) is 8.63. The standard InChI is InChI=1S/C21H27N7O3S/c1-13-10-16(26-28(13)17-6-4-5-9-31-17)23-20-18(14-7-8-14)19(15-11-22-27(2)12-15)24-21(25-20)32(3,29)30/h10-12,14,17H,4-9H2,1-3H3,(H,23,24,25,26). The fourth-order valence-electron chi connectivity index (χ4n) is 4.11. The highest BCUT2D eigenvalue weighted by atomic mass is 32.2. The molecule has 11 heteroatoms. The fourth-order valence-corrected chi connectivity index (χ4v) is 4.62. The average molecular weight is 458 g/mol. The molecule has 2 aliphatic rings. The van der Waals surface area contributed by atoms with Crippen molar-refractivity contribution in [1.82, 2.24) is 29.5 Å². The molecule has 32 heavy (non-hydrogen) atoms. The topological polar surface area (TPSA) is 117 Å². The Morgan fingerprint density at radius 1 is 1.19 bits per heavy atom. The van der Waals surface area contributed by atoms with Gasteiger partial charge in [0.15, 0.2) is 12.0 Å². The van der Waals surface area contributed by atoms with E-state index in [0.717, 1.165) is 61.8 Å². The Morgan fingerprint density at radius 3 is 2.62 bits per heavy atom. The van der Waals surface area contributed by atoms with E-state index in [2.05, 4.69) is 20.4 Å². The maximum Gasteiger partial charge on any atom is 0.249 e. The zero-order chi connectivity index (χ0) is 22.5. The van der Waals surface area contributed by atoms with Gasteiger partial charge < -0.3 is 10.1 Å². The normalized spacial score (nSPS) is 19.3. The van der Waals surface area contributed by atoms with Crippen molar-refractivity contribution in [2.45, 2.75) is 56.3 Å². The maximum atomic E-state index is 12.4. The van der Waals surface area contributed by atoms with E-state index in [4.69, 9.17) is 9.84 Å². The third-order valence-corrected chi connectivity index (χ3v) is 6.66. The predicted molar refractivity (Wildman–Crippen MR) is 118 cm³/mol. The van der Waals surface area contributed by atoms with Crippen LogP contribution in [0.1, 0.15) is 55.5 Å². The molecule has 0 bridgehead atoms. The quantitative estimate of drug-likeness (QED) is 0.561. The molecule has 1 saturated carbocycles. The van der Waals surface area contributed by atoms with Gasteiger partial charge in [0.1, 0.15) is 5.82 Å². The number of nitrogens with one attached hydrogen (secondary N) is 1.